The van der Waals surface area contributed by atoms with Crippen molar-refractivity contribution < 1.29 is 13.6 Å². The van der Waals surface area contributed by atoms with Crippen molar-refractivity contribution in [1.29, 1.82) is 0 Å². The van der Waals surface area contributed by atoms with Gasteiger partial charge in [-0.2, -0.15) is 0 Å². The Labute approximate surface area is 78.3 Å². The molecule has 0 bridgehead atoms. The summed E-state index contributed by atoms with van der Waals surface area (Å²) in [6, 6.07) is 2.67. The molecule has 0 unspecified atom stereocenters. The van der Waals surface area contributed by atoms with E-state index in [1.54, 1.807) is 0 Å². The Kier molecular flexibility index (Phi) is 3.27. The second-order valence-corrected chi connectivity index (χ2v) is 2.44. The van der Waals surface area contributed by atoms with Crippen LogP contribution < -0.4 is 11.1 Å². The summed E-state index contributed by atoms with van der Waals surface area (Å²) < 4.78 is 23.5. The first-order valence-electron chi connectivity index (χ1n) is 3.75. The third-order valence-electron chi connectivity index (χ3n) is 1.35. The number of anilines is 1. The smallest absolute Gasteiger partial charge is 0.269 e. The number of nitrogens with zero attached hydrogens (tertiary/aromatic N) is 2. The summed E-state index contributed by atoms with van der Waals surface area (Å²) in [5.74, 6) is -0.534. The first kappa shape index (κ1) is 10.3. The number of hydrogen-bond donors (Lipinski definition) is 2. The van der Waals surface area contributed by atoms with Crippen LogP contribution in [0.25, 0.3) is 0 Å². The average Bonchev–Trinajstić information content (AvgIpc) is 2.15. The molecule has 1 amide bonds. The molecule has 1 aromatic rings. The van der Waals surface area contributed by atoms with Crippen LogP contribution in [0.4, 0.5) is 14.6 Å². The first-order chi connectivity index (χ1) is 6.59. The highest BCUT2D eigenvalue weighted by molar-refractivity contribution is 5.90. The van der Waals surface area contributed by atoms with Crippen LogP contribution in [-0.4, -0.2) is 29.1 Å². The van der Waals surface area contributed by atoms with Crippen molar-refractivity contribution in [3.05, 3.63) is 17.8 Å². The number of halogens is 2. The van der Waals surface area contributed by atoms with Crippen molar-refractivity contribution in [2.24, 2.45) is 5.73 Å². The molecule has 1 heterocycles. The van der Waals surface area contributed by atoms with Gasteiger partial charge in [-0.3, -0.25) is 4.79 Å². The SMILES string of the molecule is NC(=O)c1ccc(NCC(F)F)nn1. The zero-order chi connectivity index (χ0) is 10.6. The van der Waals surface area contributed by atoms with E-state index in [2.05, 4.69) is 15.5 Å². The predicted octanol–water partition coefficient (Wildman–Crippen LogP) is 0.252. The van der Waals surface area contributed by atoms with E-state index in [0.29, 0.717) is 0 Å². The van der Waals surface area contributed by atoms with Gasteiger partial charge in [0.25, 0.3) is 12.3 Å². The molecule has 0 radical (unpaired) electrons. The molecule has 0 aliphatic rings. The molecule has 0 saturated carbocycles. The van der Waals surface area contributed by atoms with Crippen LogP contribution in [0.5, 0.6) is 0 Å². The van der Waals surface area contributed by atoms with Gasteiger partial charge in [0.1, 0.15) is 5.82 Å². The summed E-state index contributed by atoms with van der Waals surface area (Å²) >= 11 is 0. The maximum atomic E-state index is 11.7. The molecule has 0 atom stereocenters. The standard InChI is InChI=1S/C7H8F2N4O/c8-5(9)3-11-6-2-1-4(7(10)14)12-13-6/h1-2,5H,3H2,(H2,10,14)(H,11,13). The number of primary amides is 1. The quantitative estimate of drug-likeness (QED) is 0.733. The molecule has 1 rings (SSSR count). The Balaban J connectivity index is 2.60. The monoisotopic (exact) mass is 202 g/mol. The summed E-state index contributed by atoms with van der Waals surface area (Å²) in [7, 11) is 0. The molecule has 5 nitrogen and oxygen atoms in total. The minimum Gasteiger partial charge on any atom is -0.364 e. The predicted molar refractivity (Wildman–Crippen MR) is 45.0 cm³/mol. The van der Waals surface area contributed by atoms with Crippen LogP contribution in [0.2, 0.25) is 0 Å². The van der Waals surface area contributed by atoms with Gasteiger partial charge in [-0.25, -0.2) is 8.78 Å². The van der Waals surface area contributed by atoms with E-state index in [4.69, 9.17) is 5.73 Å². The van der Waals surface area contributed by atoms with Crippen molar-refractivity contribution in [3.63, 3.8) is 0 Å². The highest BCUT2D eigenvalue weighted by atomic mass is 19.3. The number of nitrogens with one attached hydrogen (secondary N) is 1. The molecule has 0 aliphatic heterocycles. The van der Waals surface area contributed by atoms with E-state index in [1.165, 1.54) is 12.1 Å². The first-order valence-corrected chi connectivity index (χ1v) is 3.75. The highest BCUT2D eigenvalue weighted by Crippen LogP contribution is 2.02. The maximum absolute atomic E-state index is 11.7. The van der Waals surface area contributed by atoms with Gasteiger partial charge >= 0.3 is 0 Å². The number of alkyl halides is 2. The summed E-state index contributed by atoms with van der Waals surface area (Å²) in [4.78, 5) is 10.6. The Morgan fingerprint density at radius 2 is 2.21 bits per heavy atom. The summed E-state index contributed by atoms with van der Waals surface area (Å²) in [6.07, 6.45) is -2.47. The van der Waals surface area contributed by atoms with Crippen LogP contribution >= 0.6 is 0 Å². The zero-order valence-electron chi connectivity index (χ0n) is 7.08. The Morgan fingerprint density at radius 3 is 2.64 bits per heavy atom. The number of carbonyl (C=O) groups is 1. The molecular weight excluding hydrogens is 194 g/mol. The van der Waals surface area contributed by atoms with E-state index in [1.807, 2.05) is 0 Å². The van der Waals surface area contributed by atoms with E-state index >= 15 is 0 Å². The van der Waals surface area contributed by atoms with Gasteiger partial charge in [-0.1, -0.05) is 0 Å². The Morgan fingerprint density at radius 1 is 1.50 bits per heavy atom. The second-order valence-electron chi connectivity index (χ2n) is 2.44. The topological polar surface area (TPSA) is 80.9 Å². The van der Waals surface area contributed by atoms with E-state index < -0.39 is 18.9 Å². The van der Waals surface area contributed by atoms with E-state index in [-0.39, 0.29) is 11.5 Å². The lowest BCUT2D eigenvalue weighted by atomic mass is 10.4. The van der Waals surface area contributed by atoms with Crippen LogP contribution in [0, 0.1) is 0 Å². The van der Waals surface area contributed by atoms with Crippen LogP contribution in [0.3, 0.4) is 0 Å². The van der Waals surface area contributed by atoms with Gasteiger partial charge < -0.3 is 11.1 Å². The fraction of sp³-hybridized carbons (Fsp3) is 0.286. The molecule has 76 valence electrons. The third kappa shape index (κ3) is 2.92. The fourth-order valence-electron chi connectivity index (χ4n) is 0.740. The Hall–Kier alpha value is -1.79. The molecular formula is C7H8F2N4O. The van der Waals surface area contributed by atoms with E-state index in [0.717, 1.165) is 0 Å². The zero-order valence-corrected chi connectivity index (χ0v) is 7.08. The van der Waals surface area contributed by atoms with Crippen LogP contribution in [0.1, 0.15) is 10.5 Å². The molecule has 0 aromatic carbocycles. The summed E-state index contributed by atoms with van der Waals surface area (Å²) in [6.45, 7) is -0.509. The molecule has 7 heteroatoms. The van der Waals surface area contributed by atoms with Crippen molar-refractivity contribution in [3.8, 4) is 0 Å². The number of hydrogen-bond acceptors (Lipinski definition) is 4. The average molecular weight is 202 g/mol. The van der Waals surface area contributed by atoms with Gasteiger partial charge in [-0.05, 0) is 12.1 Å². The lowest BCUT2D eigenvalue weighted by Crippen LogP contribution is -2.15. The molecule has 1 aromatic heterocycles. The fourth-order valence-corrected chi connectivity index (χ4v) is 0.740. The summed E-state index contributed by atoms with van der Waals surface area (Å²) in [5.41, 5.74) is 4.90. The van der Waals surface area contributed by atoms with Crippen LogP contribution in [0.15, 0.2) is 12.1 Å². The van der Waals surface area contributed by atoms with Crippen molar-refractivity contribution >= 4 is 11.7 Å². The number of aromatic nitrogens is 2. The number of carbonyl (C=O) groups excluding carboxylic acids is 1. The van der Waals surface area contributed by atoms with Gasteiger partial charge in [0.2, 0.25) is 0 Å². The van der Waals surface area contributed by atoms with Crippen molar-refractivity contribution in [2.45, 2.75) is 6.43 Å². The maximum Gasteiger partial charge on any atom is 0.269 e. The molecule has 14 heavy (non-hydrogen) atoms. The van der Waals surface area contributed by atoms with Gasteiger partial charge in [0.05, 0.1) is 6.54 Å². The lowest BCUT2D eigenvalue weighted by molar-refractivity contribution is 0.0994. The van der Waals surface area contributed by atoms with Gasteiger partial charge in [-0.15, -0.1) is 10.2 Å². The Bertz CT molecular complexity index is 314. The number of nitrogens with two attached hydrogens (primary N) is 1. The molecule has 0 spiro atoms. The second kappa shape index (κ2) is 4.45. The third-order valence-corrected chi connectivity index (χ3v) is 1.35. The van der Waals surface area contributed by atoms with Crippen molar-refractivity contribution in [2.75, 3.05) is 11.9 Å². The number of rotatable bonds is 4. The van der Waals surface area contributed by atoms with Gasteiger partial charge in [0, 0.05) is 0 Å². The minimum absolute atomic E-state index is 0.00685. The molecule has 0 fully saturated rings. The lowest BCUT2D eigenvalue weighted by Gasteiger charge is -2.03. The van der Waals surface area contributed by atoms with Crippen LogP contribution in [-0.2, 0) is 0 Å². The van der Waals surface area contributed by atoms with Crippen molar-refractivity contribution in [1.82, 2.24) is 10.2 Å². The van der Waals surface area contributed by atoms with E-state index in [9.17, 15) is 13.6 Å². The molecule has 3 N–H and O–H groups in total. The molecule has 0 saturated heterocycles. The van der Waals surface area contributed by atoms with Gasteiger partial charge in [0.15, 0.2) is 5.69 Å². The summed E-state index contributed by atoms with van der Waals surface area (Å²) in [5, 5.41) is 9.24. The number of amides is 1. The largest absolute Gasteiger partial charge is 0.364 e. The normalized spacial score (nSPS) is 10.2. The highest BCUT2D eigenvalue weighted by Gasteiger charge is 2.05. The minimum atomic E-state index is -2.47. The molecule has 0 aliphatic carbocycles.